The number of hydrogen-bond acceptors (Lipinski definition) is 4. The van der Waals surface area contributed by atoms with E-state index in [1.54, 1.807) is 0 Å². The molecule has 1 spiro atoms. The zero-order valence-corrected chi connectivity index (χ0v) is 32.3. The summed E-state index contributed by atoms with van der Waals surface area (Å²) in [5, 5.41) is 4.44. The Labute approximate surface area is 346 Å². The molecule has 2 aromatic heterocycles. The lowest BCUT2D eigenvalue weighted by atomic mass is 9.69. The van der Waals surface area contributed by atoms with Crippen LogP contribution in [0.2, 0.25) is 0 Å². The molecule has 0 N–H and O–H groups in total. The van der Waals surface area contributed by atoms with E-state index in [4.69, 9.17) is 19.4 Å². The summed E-state index contributed by atoms with van der Waals surface area (Å²) in [7, 11) is 0. The number of nitrogens with zero attached hydrogens (tertiary/aromatic N) is 3. The van der Waals surface area contributed by atoms with Crippen LogP contribution >= 0.6 is 0 Å². The molecule has 2 aliphatic carbocycles. The maximum Gasteiger partial charge on any atom is 0.167 e. The second-order valence-corrected chi connectivity index (χ2v) is 15.8. The van der Waals surface area contributed by atoms with Crippen LogP contribution in [-0.4, -0.2) is 15.0 Å². The van der Waals surface area contributed by atoms with Crippen molar-refractivity contribution >= 4 is 32.7 Å². The third kappa shape index (κ3) is 4.47. The number of benzene rings is 9. The van der Waals surface area contributed by atoms with Gasteiger partial charge >= 0.3 is 0 Å². The third-order valence-electron chi connectivity index (χ3n) is 12.8. The van der Waals surface area contributed by atoms with Crippen LogP contribution in [-0.2, 0) is 5.41 Å². The fourth-order valence-corrected chi connectivity index (χ4v) is 10.4. The Morgan fingerprint density at radius 3 is 1.47 bits per heavy atom. The average Bonchev–Trinajstić information content (AvgIpc) is 3.96. The normalized spacial score (nSPS) is 13.1. The van der Waals surface area contributed by atoms with Gasteiger partial charge in [0.25, 0.3) is 0 Å². The number of para-hydroxylation sites is 2. The molecule has 0 aliphatic heterocycles. The minimum absolute atomic E-state index is 0.557. The van der Waals surface area contributed by atoms with Gasteiger partial charge in [0.1, 0.15) is 11.2 Å². The van der Waals surface area contributed by atoms with Crippen molar-refractivity contribution in [2.45, 2.75) is 5.41 Å². The summed E-state index contributed by atoms with van der Waals surface area (Å²) in [5.74, 6) is 1.77. The van der Waals surface area contributed by atoms with Gasteiger partial charge in [0.15, 0.2) is 17.5 Å². The van der Waals surface area contributed by atoms with Crippen LogP contribution in [0.25, 0.3) is 100 Å². The van der Waals surface area contributed by atoms with Crippen molar-refractivity contribution in [3.05, 3.63) is 222 Å². The minimum Gasteiger partial charge on any atom is -0.455 e. The first-order valence-electron chi connectivity index (χ1n) is 20.4. The van der Waals surface area contributed by atoms with E-state index in [1.165, 1.54) is 55.3 Å². The molecule has 0 saturated heterocycles. The van der Waals surface area contributed by atoms with Crippen molar-refractivity contribution in [3.63, 3.8) is 0 Å². The standard InChI is InChI=1S/C56H33N3O/c1-2-18-35-34(16-1)17-13-25-36(35)37-19-3-4-24-44(37)53-57-54(59-55(58-53)46-29-15-27-43-41-23-8-12-33-50(41)60-52(43)46)45-28-14-26-42-40-22-7-11-32-49(40)56(51(42)45)47-30-9-5-20-38(47)39-21-6-10-31-48(39)56/h1-33H. The number of aromatic nitrogens is 3. The molecule has 0 atom stereocenters. The molecule has 0 amide bonds. The highest BCUT2D eigenvalue weighted by atomic mass is 16.3. The second kappa shape index (κ2) is 12.5. The Morgan fingerprint density at radius 2 is 0.733 bits per heavy atom. The Kier molecular flexibility index (Phi) is 6.90. The Morgan fingerprint density at radius 1 is 0.300 bits per heavy atom. The van der Waals surface area contributed by atoms with E-state index in [0.717, 1.165) is 49.8 Å². The van der Waals surface area contributed by atoms with Crippen LogP contribution in [0.5, 0.6) is 0 Å². The van der Waals surface area contributed by atoms with Crippen molar-refractivity contribution in [1.29, 1.82) is 0 Å². The quantitative estimate of drug-likeness (QED) is 0.179. The summed E-state index contributed by atoms with van der Waals surface area (Å²) in [6, 6.07) is 71.3. The summed E-state index contributed by atoms with van der Waals surface area (Å²) in [4.78, 5) is 16.4. The number of rotatable bonds is 4. The van der Waals surface area contributed by atoms with E-state index in [-0.39, 0.29) is 0 Å². The highest BCUT2D eigenvalue weighted by Crippen LogP contribution is 2.64. The molecule has 11 aromatic rings. The maximum atomic E-state index is 6.64. The molecule has 0 fully saturated rings. The van der Waals surface area contributed by atoms with E-state index >= 15 is 0 Å². The van der Waals surface area contributed by atoms with Crippen LogP contribution in [0.4, 0.5) is 0 Å². The average molecular weight is 764 g/mol. The summed E-state index contributed by atoms with van der Waals surface area (Å²) in [6.07, 6.45) is 0. The van der Waals surface area contributed by atoms with Gasteiger partial charge in [-0.25, -0.2) is 15.0 Å². The zero-order valence-electron chi connectivity index (χ0n) is 32.3. The molecule has 0 radical (unpaired) electrons. The molecule has 4 nitrogen and oxygen atoms in total. The van der Waals surface area contributed by atoms with E-state index in [2.05, 4.69) is 188 Å². The van der Waals surface area contributed by atoms with E-state index in [1.807, 2.05) is 12.1 Å². The topological polar surface area (TPSA) is 51.8 Å². The van der Waals surface area contributed by atoms with Gasteiger partial charge in [-0.3, -0.25) is 0 Å². The molecular formula is C56H33N3O. The molecule has 13 rings (SSSR count). The van der Waals surface area contributed by atoms with Gasteiger partial charge in [-0.1, -0.05) is 188 Å². The highest BCUT2D eigenvalue weighted by molar-refractivity contribution is 6.09. The van der Waals surface area contributed by atoms with Gasteiger partial charge in [-0.05, 0) is 78.5 Å². The van der Waals surface area contributed by atoms with Gasteiger partial charge in [0.05, 0.1) is 11.0 Å². The van der Waals surface area contributed by atoms with Gasteiger partial charge in [0.2, 0.25) is 0 Å². The lowest BCUT2D eigenvalue weighted by Crippen LogP contribution is -2.26. The molecule has 60 heavy (non-hydrogen) atoms. The molecule has 2 heterocycles. The van der Waals surface area contributed by atoms with Crippen molar-refractivity contribution in [1.82, 2.24) is 15.0 Å². The lowest BCUT2D eigenvalue weighted by molar-refractivity contribution is 0.669. The van der Waals surface area contributed by atoms with E-state index in [9.17, 15) is 0 Å². The first-order chi connectivity index (χ1) is 29.8. The minimum atomic E-state index is -0.581. The Hall–Kier alpha value is -7.95. The van der Waals surface area contributed by atoms with Crippen LogP contribution in [0.1, 0.15) is 22.3 Å². The van der Waals surface area contributed by atoms with Crippen LogP contribution in [0.15, 0.2) is 205 Å². The van der Waals surface area contributed by atoms with Gasteiger partial charge in [-0.15, -0.1) is 0 Å². The van der Waals surface area contributed by atoms with Gasteiger partial charge < -0.3 is 4.42 Å². The van der Waals surface area contributed by atoms with Crippen molar-refractivity contribution in [3.8, 4) is 67.5 Å². The van der Waals surface area contributed by atoms with Crippen LogP contribution in [0, 0.1) is 0 Å². The van der Waals surface area contributed by atoms with Gasteiger partial charge in [0, 0.05) is 21.9 Å². The van der Waals surface area contributed by atoms with Crippen molar-refractivity contribution in [2.75, 3.05) is 0 Å². The number of fused-ring (bicyclic) bond motifs is 14. The summed E-state index contributed by atoms with van der Waals surface area (Å²) in [5.41, 5.74) is 15.8. The summed E-state index contributed by atoms with van der Waals surface area (Å²) < 4.78 is 6.64. The predicted molar refractivity (Wildman–Crippen MR) is 243 cm³/mol. The van der Waals surface area contributed by atoms with Gasteiger partial charge in [-0.2, -0.15) is 0 Å². The maximum absolute atomic E-state index is 6.64. The molecule has 0 unspecified atom stereocenters. The third-order valence-corrected chi connectivity index (χ3v) is 12.8. The summed E-state index contributed by atoms with van der Waals surface area (Å²) >= 11 is 0. The van der Waals surface area contributed by atoms with Crippen molar-refractivity contribution < 1.29 is 4.42 Å². The Balaban J connectivity index is 1.13. The summed E-state index contributed by atoms with van der Waals surface area (Å²) in [6.45, 7) is 0. The van der Waals surface area contributed by atoms with E-state index in [0.29, 0.717) is 17.5 Å². The fraction of sp³-hybridized carbons (Fsp3) is 0.0179. The number of furan rings is 1. The predicted octanol–water partition coefficient (Wildman–Crippen LogP) is 13.9. The second-order valence-electron chi connectivity index (χ2n) is 15.8. The zero-order chi connectivity index (χ0) is 39.4. The first-order valence-corrected chi connectivity index (χ1v) is 20.4. The molecule has 4 heteroatoms. The fourth-order valence-electron chi connectivity index (χ4n) is 10.4. The molecule has 0 saturated carbocycles. The lowest BCUT2D eigenvalue weighted by Gasteiger charge is -2.31. The molecule has 0 bridgehead atoms. The molecule has 2 aliphatic rings. The molecule has 278 valence electrons. The van der Waals surface area contributed by atoms with Crippen LogP contribution < -0.4 is 0 Å². The Bertz CT molecular complexity index is 3510. The SMILES string of the molecule is c1ccc(-c2cccc3ccccc23)c(-c2nc(-c3cccc4c3C3(c5ccccc5-c5ccccc53)c3ccccc3-4)nc(-c3cccc4c3oc3ccccc34)n2)c1. The largest absolute Gasteiger partial charge is 0.455 e. The molecular weight excluding hydrogens is 731 g/mol. The smallest absolute Gasteiger partial charge is 0.167 e. The number of hydrogen-bond donors (Lipinski definition) is 0. The van der Waals surface area contributed by atoms with Crippen molar-refractivity contribution in [2.24, 2.45) is 0 Å². The van der Waals surface area contributed by atoms with Crippen LogP contribution in [0.3, 0.4) is 0 Å². The monoisotopic (exact) mass is 763 g/mol. The molecule has 9 aromatic carbocycles. The first kappa shape index (κ1) is 33.1. The highest BCUT2D eigenvalue weighted by Gasteiger charge is 2.52. The van der Waals surface area contributed by atoms with E-state index < -0.39 is 5.41 Å².